The lowest BCUT2D eigenvalue weighted by atomic mass is 10.2. The number of benzene rings is 1. The van der Waals surface area contributed by atoms with Crippen LogP contribution in [-0.4, -0.2) is 21.0 Å². The van der Waals surface area contributed by atoms with Crippen LogP contribution < -0.4 is 0 Å². The average Bonchev–Trinajstić information content (AvgIpc) is 2.68. The summed E-state index contributed by atoms with van der Waals surface area (Å²) in [5, 5.41) is 8.60. The van der Waals surface area contributed by atoms with Crippen molar-refractivity contribution < 1.29 is 14.3 Å². The highest BCUT2D eigenvalue weighted by Crippen LogP contribution is 2.26. The van der Waals surface area contributed by atoms with Gasteiger partial charge in [-0.05, 0) is 28.1 Å². The number of imidazole rings is 1. The van der Waals surface area contributed by atoms with Crippen LogP contribution in [-0.2, 0) is 11.2 Å². The number of carbonyl (C=O) groups is 1. The Morgan fingerprint density at radius 2 is 2.28 bits per heavy atom. The summed E-state index contributed by atoms with van der Waals surface area (Å²) in [5.74, 6) is -0.659. The Bertz CT molecular complexity index is 583. The zero-order chi connectivity index (χ0) is 13.1. The van der Waals surface area contributed by atoms with Crippen molar-refractivity contribution >= 4 is 21.9 Å². The van der Waals surface area contributed by atoms with Gasteiger partial charge >= 0.3 is 5.97 Å². The first kappa shape index (κ1) is 12.8. The van der Waals surface area contributed by atoms with Gasteiger partial charge in [0.1, 0.15) is 21.9 Å². The maximum absolute atomic E-state index is 13.1. The van der Waals surface area contributed by atoms with Crippen molar-refractivity contribution in [3.8, 4) is 11.3 Å². The van der Waals surface area contributed by atoms with E-state index in [1.165, 1.54) is 12.1 Å². The Morgan fingerprint density at radius 1 is 1.50 bits per heavy atom. The second-order valence-electron chi connectivity index (χ2n) is 3.75. The number of nitrogens with zero attached hydrogens (tertiary/aromatic N) is 1. The fraction of sp³-hybridized carbons (Fsp3) is 0.167. The summed E-state index contributed by atoms with van der Waals surface area (Å²) in [6, 6.07) is 6.07. The number of carboxylic acid groups (broad SMARTS) is 1. The van der Waals surface area contributed by atoms with E-state index in [0.717, 1.165) is 0 Å². The minimum atomic E-state index is -0.880. The van der Waals surface area contributed by atoms with E-state index >= 15 is 0 Å². The van der Waals surface area contributed by atoms with Crippen molar-refractivity contribution in [2.24, 2.45) is 0 Å². The number of aliphatic carboxylic acids is 1. The molecule has 0 atom stereocenters. The van der Waals surface area contributed by atoms with Crippen molar-refractivity contribution in [3.05, 3.63) is 40.5 Å². The summed E-state index contributed by atoms with van der Waals surface area (Å²) in [4.78, 5) is 17.7. The Balaban J connectivity index is 2.26. The van der Waals surface area contributed by atoms with E-state index in [9.17, 15) is 9.18 Å². The molecule has 0 radical (unpaired) electrons. The van der Waals surface area contributed by atoms with Crippen LogP contribution >= 0.6 is 15.9 Å². The maximum atomic E-state index is 13.1. The first-order chi connectivity index (χ1) is 8.56. The molecule has 0 aliphatic carbocycles. The molecule has 2 aromatic rings. The van der Waals surface area contributed by atoms with E-state index in [4.69, 9.17) is 5.11 Å². The third-order valence-corrected chi connectivity index (χ3v) is 2.96. The number of nitrogens with one attached hydrogen (secondary N) is 1. The van der Waals surface area contributed by atoms with E-state index in [1.807, 2.05) is 0 Å². The van der Waals surface area contributed by atoms with Gasteiger partial charge in [-0.25, -0.2) is 9.37 Å². The zero-order valence-electron chi connectivity index (χ0n) is 9.28. The van der Waals surface area contributed by atoms with Gasteiger partial charge in [-0.1, -0.05) is 12.1 Å². The average molecular weight is 313 g/mol. The first-order valence-electron chi connectivity index (χ1n) is 5.28. The molecule has 6 heteroatoms. The van der Waals surface area contributed by atoms with Crippen LogP contribution in [0.2, 0.25) is 0 Å². The third-order valence-electron chi connectivity index (χ3n) is 2.38. The molecule has 0 saturated heterocycles. The van der Waals surface area contributed by atoms with Gasteiger partial charge in [-0.2, -0.15) is 0 Å². The highest BCUT2D eigenvalue weighted by molar-refractivity contribution is 9.10. The van der Waals surface area contributed by atoms with Gasteiger partial charge in [0.05, 0.1) is 6.42 Å². The maximum Gasteiger partial charge on any atom is 0.303 e. The van der Waals surface area contributed by atoms with Crippen molar-refractivity contribution in [2.45, 2.75) is 12.8 Å². The molecular formula is C12H10BrFN2O2. The largest absolute Gasteiger partial charge is 0.481 e. The normalized spacial score (nSPS) is 10.6. The third kappa shape index (κ3) is 2.95. The van der Waals surface area contributed by atoms with Crippen molar-refractivity contribution in [1.29, 1.82) is 0 Å². The van der Waals surface area contributed by atoms with E-state index in [0.29, 0.717) is 28.1 Å². The summed E-state index contributed by atoms with van der Waals surface area (Å²) < 4.78 is 13.7. The van der Waals surface area contributed by atoms with Gasteiger partial charge < -0.3 is 10.1 Å². The van der Waals surface area contributed by atoms with Crippen molar-refractivity contribution in [2.75, 3.05) is 0 Å². The smallest absolute Gasteiger partial charge is 0.303 e. The monoisotopic (exact) mass is 312 g/mol. The molecule has 2 N–H and O–H groups in total. The molecule has 0 spiro atoms. The molecule has 1 aromatic heterocycles. The van der Waals surface area contributed by atoms with E-state index < -0.39 is 5.97 Å². The van der Waals surface area contributed by atoms with Crippen LogP contribution in [0.4, 0.5) is 4.39 Å². The summed E-state index contributed by atoms with van der Waals surface area (Å²) in [7, 11) is 0. The molecule has 1 aromatic carbocycles. The lowest BCUT2D eigenvalue weighted by Gasteiger charge is -1.97. The van der Waals surface area contributed by atoms with Crippen LogP contribution in [0, 0.1) is 5.82 Å². The molecule has 0 saturated carbocycles. The Hall–Kier alpha value is -1.69. The summed E-state index contributed by atoms with van der Waals surface area (Å²) in [5.41, 5.74) is 1.22. The number of aromatic nitrogens is 2. The predicted molar refractivity (Wildman–Crippen MR) is 67.6 cm³/mol. The fourth-order valence-corrected chi connectivity index (χ4v) is 2.12. The highest BCUT2D eigenvalue weighted by atomic mass is 79.9. The molecule has 18 heavy (non-hydrogen) atoms. The number of aryl methyl sites for hydroxylation is 1. The molecule has 94 valence electrons. The van der Waals surface area contributed by atoms with Crippen LogP contribution in [0.5, 0.6) is 0 Å². The van der Waals surface area contributed by atoms with E-state index in [1.54, 1.807) is 12.1 Å². The van der Waals surface area contributed by atoms with Crippen LogP contribution in [0.25, 0.3) is 11.3 Å². The van der Waals surface area contributed by atoms with Crippen LogP contribution in [0.3, 0.4) is 0 Å². The molecule has 1 heterocycles. The molecular weight excluding hydrogens is 303 g/mol. The topological polar surface area (TPSA) is 66.0 Å². The molecule has 0 fully saturated rings. The zero-order valence-corrected chi connectivity index (χ0v) is 10.9. The standard InChI is InChI=1S/C12H10BrFN2O2/c13-12-11(7-2-1-3-8(14)6-7)15-9(16-12)4-5-10(17)18/h1-3,6H,4-5H2,(H,15,16)(H,17,18). The number of halogens is 2. The predicted octanol–water partition coefficient (Wildman–Crippen LogP) is 3.00. The number of H-pyrrole nitrogens is 1. The molecule has 0 aliphatic heterocycles. The molecule has 2 rings (SSSR count). The van der Waals surface area contributed by atoms with Crippen molar-refractivity contribution in [1.82, 2.24) is 9.97 Å². The molecule has 0 amide bonds. The van der Waals surface area contributed by atoms with Crippen LogP contribution in [0.15, 0.2) is 28.9 Å². The Kier molecular flexibility index (Phi) is 3.76. The van der Waals surface area contributed by atoms with E-state index in [-0.39, 0.29) is 12.2 Å². The summed E-state index contributed by atoms with van der Waals surface area (Å²) in [6.45, 7) is 0. The van der Waals surface area contributed by atoms with Gasteiger partial charge in [0.2, 0.25) is 0 Å². The van der Waals surface area contributed by atoms with Crippen molar-refractivity contribution in [3.63, 3.8) is 0 Å². The van der Waals surface area contributed by atoms with E-state index in [2.05, 4.69) is 25.9 Å². The van der Waals surface area contributed by atoms with Crippen LogP contribution in [0.1, 0.15) is 12.2 Å². The van der Waals surface area contributed by atoms with Gasteiger partial charge in [-0.3, -0.25) is 4.79 Å². The SMILES string of the molecule is O=C(O)CCc1nc(-c2cccc(F)c2)c(Br)[nH]1. The molecule has 0 unspecified atom stereocenters. The quantitative estimate of drug-likeness (QED) is 0.912. The lowest BCUT2D eigenvalue weighted by Crippen LogP contribution is -1.98. The minimum absolute atomic E-state index is 0.00252. The Labute approximate surface area is 111 Å². The first-order valence-corrected chi connectivity index (χ1v) is 6.07. The highest BCUT2D eigenvalue weighted by Gasteiger charge is 2.11. The summed E-state index contributed by atoms with van der Waals surface area (Å²) in [6.07, 6.45) is 0.311. The second-order valence-corrected chi connectivity index (χ2v) is 4.54. The Morgan fingerprint density at radius 3 is 2.94 bits per heavy atom. The molecule has 0 aliphatic rings. The van der Waals surface area contributed by atoms with Gasteiger partial charge in [0.25, 0.3) is 0 Å². The second kappa shape index (κ2) is 5.30. The van der Waals surface area contributed by atoms with Gasteiger partial charge in [-0.15, -0.1) is 0 Å². The number of carboxylic acids is 1. The van der Waals surface area contributed by atoms with Gasteiger partial charge in [0.15, 0.2) is 0 Å². The number of hydrogen-bond acceptors (Lipinski definition) is 2. The van der Waals surface area contributed by atoms with Gasteiger partial charge in [0, 0.05) is 12.0 Å². The minimum Gasteiger partial charge on any atom is -0.481 e. The molecule has 0 bridgehead atoms. The number of aromatic amines is 1. The lowest BCUT2D eigenvalue weighted by molar-refractivity contribution is -0.137. The number of hydrogen-bond donors (Lipinski definition) is 2. The number of rotatable bonds is 4. The molecule has 4 nitrogen and oxygen atoms in total. The fourth-order valence-electron chi connectivity index (χ4n) is 1.57. The summed E-state index contributed by atoms with van der Waals surface area (Å²) >= 11 is 3.30.